The Bertz CT molecular complexity index is 1320. The zero-order valence-corrected chi connectivity index (χ0v) is 23.0. The van der Waals surface area contributed by atoms with Crippen LogP contribution < -0.4 is 10.1 Å². The molecule has 0 saturated heterocycles. The molecule has 0 fully saturated rings. The van der Waals surface area contributed by atoms with Crippen LogP contribution in [0.5, 0.6) is 5.75 Å². The van der Waals surface area contributed by atoms with Crippen LogP contribution in [-0.2, 0) is 15.0 Å². The third-order valence-corrected chi connectivity index (χ3v) is 7.02. The van der Waals surface area contributed by atoms with Crippen LogP contribution in [0.15, 0.2) is 36.4 Å². The number of hydrogen-bond acceptors (Lipinski definition) is 4. The zero-order chi connectivity index (χ0) is 31.4. The molecule has 0 aliphatic carbocycles. The second kappa shape index (κ2) is 12.4. The summed E-state index contributed by atoms with van der Waals surface area (Å²) in [5.74, 6) is 1.45. The van der Waals surface area contributed by atoms with Gasteiger partial charge in [0.05, 0.1) is 0 Å². The van der Waals surface area contributed by atoms with Gasteiger partial charge < -0.3 is 20.3 Å². The molecule has 224 valence electrons. The Labute approximate surface area is 233 Å². The number of aliphatic carboxylic acids is 1. The number of alkyl halides is 6. The van der Waals surface area contributed by atoms with E-state index in [4.69, 9.17) is 9.84 Å². The van der Waals surface area contributed by atoms with E-state index in [2.05, 4.69) is 5.32 Å². The minimum Gasteiger partial charge on any atom is -0.484 e. The number of carbonyl (C=O) groups excluding carboxylic acids is 1. The molecule has 1 atom stereocenters. The van der Waals surface area contributed by atoms with Gasteiger partial charge in [0, 0.05) is 11.0 Å². The number of hydrogen-bond donors (Lipinski definition) is 3. The Morgan fingerprint density at radius 3 is 1.88 bits per heavy atom. The number of ether oxygens (including phenoxy) is 1. The molecule has 0 heterocycles. The highest BCUT2D eigenvalue weighted by atomic mass is 19.4. The number of halogens is 6. The Morgan fingerprint density at radius 1 is 0.927 bits per heavy atom. The quantitative estimate of drug-likeness (QED) is 0.263. The third-order valence-electron chi connectivity index (χ3n) is 7.02. The summed E-state index contributed by atoms with van der Waals surface area (Å²) in [6.45, 7) is 8.06. The van der Waals surface area contributed by atoms with Crippen molar-refractivity contribution in [2.45, 2.75) is 76.9 Å². The molecule has 0 aliphatic rings. The van der Waals surface area contributed by atoms with Crippen molar-refractivity contribution in [3.05, 3.63) is 64.2 Å². The topological polar surface area (TPSA) is 95.9 Å². The van der Waals surface area contributed by atoms with E-state index in [1.165, 1.54) is 19.9 Å². The molecule has 41 heavy (non-hydrogen) atoms. The van der Waals surface area contributed by atoms with E-state index in [-0.39, 0.29) is 5.56 Å². The van der Waals surface area contributed by atoms with Crippen LogP contribution in [0.1, 0.15) is 61.4 Å². The summed E-state index contributed by atoms with van der Waals surface area (Å²) in [5, 5.41) is 20.5. The van der Waals surface area contributed by atoms with Crippen molar-refractivity contribution >= 4 is 11.9 Å². The number of carboxylic acid groups (broad SMARTS) is 1. The maximum absolute atomic E-state index is 13.0. The lowest BCUT2D eigenvalue weighted by molar-refractivity contribution is -0.343. The summed E-state index contributed by atoms with van der Waals surface area (Å²) < 4.78 is 83.6. The lowest BCUT2D eigenvalue weighted by atomic mass is 9.70. The molecule has 2 aromatic carbocycles. The standard InChI is InChI=1S/C29H31F6NO5/c1-6-26(7-2,22-10-11-23(18(4)15-22)41-16-24(37)36-19(5)25(38)39)21-9-8-20(17(3)14-21)12-13-27(40,28(30,31)32)29(33,34)35/h8-11,14-15,19,40H,6-7,16H2,1-5H3,(H,36,37)(H,38,39). The zero-order valence-electron chi connectivity index (χ0n) is 23.0. The maximum Gasteiger partial charge on any atom is 0.438 e. The highest BCUT2D eigenvalue weighted by Gasteiger charge is 2.70. The summed E-state index contributed by atoms with van der Waals surface area (Å²) in [6, 6.07) is 8.79. The van der Waals surface area contributed by atoms with Gasteiger partial charge >= 0.3 is 23.9 Å². The molecule has 0 spiro atoms. The average molecular weight is 588 g/mol. The van der Waals surface area contributed by atoms with Gasteiger partial charge in [0.15, 0.2) is 6.61 Å². The van der Waals surface area contributed by atoms with Gasteiger partial charge in [0.25, 0.3) is 5.91 Å². The number of rotatable bonds is 9. The maximum atomic E-state index is 13.0. The second-order valence-corrected chi connectivity index (χ2v) is 9.67. The third kappa shape index (κ3) is 7.14. The molecule has 0 saturated carbocycles. The summed E-state index contributed by atoms with van der Waals surface area (Å²) >= 11 is 0. The molecule has 0 aromatic heterocycles. The van der Waals surface area contributed by atoms with Gasteiger partial charge in [-0.2, -0.15) is 26.3 Å². The van der Waals surface area contributed by atoms with Gasteiger partial charge in [-0.25, -0.2) is 0 Å². The molecule has 3 N–H and O–H groups in total. The first-order valence-electron chi connectivity index (χ1n) is 12.6. The first-order chi connectivity index (χ1) is 18.8. The first kappa shape index (κ1) is 33.5. The van der Waals surface area contributed by atoms with Crippen LogP contribution in [-0.4, -0.2) is 52.7 Å². The smallest absolute Gasteiger partial charge is 0.438 e. The van der Waals surface area contributed by atoms with Crippen molar-refractivity contribution < 1.29 is 50.9 Å². The molecule has 6 nitrogen and oxygen atoms in total. The molecule has 12 heteroatoms. The summed E-state index contributed by atoms with van der Waals surface area (Å²) in [5.41, 5.74) is -3.24. The van der Waals surface area contributed by atoms with Crippen LogP contribution in [0, 0.1) is 25.7 Å². The Kier molecular flexibility index (Phi) is 10.1. The van der Waals surface area contributed by atoms with Crippen LogP contribution in [0.3, 0.4) is 0 Å². The number of nitrogens with one attached hydrogen (secondary N) is 1. The van der Waals surface area contributed by atoms with E-state index in [1.807, 2.05) is 25.8 Å². The number of carboxylic acids is 1. The summed E-state index contributed by atoms with van der Waals surface area (Å²) in [6.07, 6.45) is -10.9. The van der Waals surface area contributed by atoms with E-state index in [0.717, 1.165) is 17.0 Å². The lowest BCUT2D eigenvalue weighted by Gasteiger charge is -2.34. The van der Waals surface area contributed by atoms with E-state index < -0.39 is 47.9 Å². The number of aliphatic hydroxyl groups is 1. The second-order valence-electron chi connectivity index (χ2n) is 9.67. The van der Waals surface area contributed by atoms with Crippen molar-refractivity contribution in [3.63, 3.8) is 0 Å². The molecule has 1 amide bonds. The predicted molar refractivity (Wildman–Crippen MR) is 138 cm³/mol. The molecule has 0 bridgehead atoms. The molecule has 1 unspecified atom stereocenters. The number of aryl methyl sites for hydroxylation is 2. The van der Waals surface area contributed by atoms with Crippen LogP contribution in [0.2, 0.25) is 0 Å². The normalized spacial score (nSPS) is 13.2. The van der Waals surface area contributed by atoms with E-state index in [0.29, 0.717) is 29.7 Å². The van der Waals surface area contributed by atoms with Crippen LogP contribution in [0.25, 0.3) is 0 Å². The minimum absolute atomic E-state index is 0.0998. The molecule has 2 aromatic rings. The average Bonchev–Trinajstić information content (AvgIpc) is 2.87. The fourth-order valence-electron chi connectivity index (χ4n) is 4.39. The van der Waals surface area contributed by atoms with Crippen molar-refractivity contribution in [1.82, 2.24) is 5.32 Å². The highest BCUT2D eigenvalue weighted by molar-refractivity contribution is 5.84. The first-order valence-corrected chi connectivity index (χ1v) is 12.6. The minimum atomic E-state index is -6.04. The van der Waals surface area contributed by atoms with Gasteiger partial charge in [-0.05, 0) is 73.9 Å². The van der Waals surface area contributed by atoms with E-state index >= 15 is 0 Å². The van der Waals surface area contributed by atoms with Gasteiger partial charge in [-0.1, -0.05) is 44.0 Å². The monoisotopic (exact) mass is 587 g/mol. The van der Waals surface area contributed by atoms with Gasteiger partial charge in [-0.3, -0.25) is 9.59 Å². The molecular formula is C29H31F6NO5. The molecule has 0 aliphatic heterocycles. The molecule has 2 rings (SSSR count). The number of benzene rings is 2. The number of carbonyl (C=O) groups is 2. The number of amides is 1. The Morgan fingerprint density at radius 2 is 1.44 bits per heavy atom. The summed E-state index contributed by atoms with van der Waals surface area (Å²) in [7, 11) is 0. The fourth-order valence-corrected chi connectivity index (χ4v) is 4.39. The van der Waals surface area contributed by atoms with E-state index in [1.54, 1.807) is 31.2 Å². The van der Waals surface area contributed by atoms with Crippen molar-refractivity contribution in [2.24, 2.45) is 0 Å². The van der Waals surface area contributed by atoms with Gasteiger partial charge in [0.2, 0.25) is 0 Å². The Balaban J connectivity index is 2.41. The van der Waals surface area contributed by atoms with E-state index in [9.17, 15) is 41.0 Å². The van der Waals surface area contributed by atoms with Crippen molar-refractivity contribution in [3.8, 4) is 17.6 Å². The van der Waals surface area contributed by atoms with Crippen molar-refractivity contribution in [2.75, 3.05) is 6.61 Å². The summed E-state index contributed by atoms with van der Waals surface area (Å²) in [4.78, 5) is 22.9. The fraction of sp³-hybridized carbons (Fsp3) is 0.448. The van der Waals surface area contributed by atoms with Crippen LogP contribution in [0.4, 0.5) is 26.3 Å². The molecule has 0 radical (unpaired) electrons. The highest BCUT2D eigenvalue weighted by Crippen LogP contribution is 2.43. The molecular weight excluding hydrogens is 556 g/mol. The Hall–Kier alpha value is -3.72. The van der Waals surface area contributed by atoms with Crippen LogP contribution >= 0.6 is 0 Å². The largest absolute Gasteiger partial charge is 0.484 e. The predicted octanol–water partition coefficient (Wildman–Crippen LogP) is 5.58. The SMILES string of the molecule is CCC(CC)(c1ccc(C#CC(O)(C(F)(F)F)C(F)(F)F)c(C)c1)c1ccc(OCC(=O)NC(C)C(=O)O)c(C)c1. The van der Waals surface area contributed by atoms with Gasteiger partial charge in [-0.15, -0.1) is 0 Å². The van der Waals surface area contributed by atoms with Gasteiger partial charge in [0.1, 0.15) is 11.8 Å². The lowest BCUT2D eigenvalue weighted by Crippen LogP contribution is -2.55. The van der Waals surface area contributed by atoms with Crippen molar-refractivity contribution in [1.29, 1.82) is 0 Å².